The molecule has 0 bridgehead atoms. The van der Waals surface area contributed by atoms with Crippen LogP contribution in [0, 0.1) is 0 Å². The Morgan fingerprint density at radius 3 is 2.75 bits per heavy atom. The van der Waals surface area contributed by atoms with Crippen molar-refractivity contribution in [2.45, 2.75) is 43.7 Å². The largest absolute Gasteiger partial charge is 0.394 e. The summed E-state index contributed by atoms with van der Waals surface area (Å²) in [4.78, 5) is 2.47. The molecule has 0 heterocycles. The van der Waals surface area contributed by atoms with Gasteiger partial charge < -0.3 is 15.3 Å². The molecule has 1 aromatic carbocycles. The van der Waals surface area contributed by atoms with Crippen LogP contribution < -0.4 is 5.32 Å². The molecule has 0 aliphatic heterocycles. The summed E-state index contributed by atoms with van der Waals surface area (Å²) >= 11 is 0. The van der Waals surface area contributed by atoms with Crippen LogP contribution in [0.25, 0.3) is 0 Å². The van der Waals surface area contributed by atoms with Crippen LogP contribution in [0.2, 0.25) is 0 Å². The van der Waals surface area contributed by atoms with Gasteiger partial charge in [-0.25, -0.2) is 0 Å². The molecule has 3 nitrogen and oxygen atoms in total. The minimum atomic E-state index is -0.0656. The van der Waals surface area contributed by atoms with Crippen molar-refractivity contribution in [1.29, 1.82) is 0 Å². The van der Waals surface area contributed by atoms with Crippen LogP contribution >= 0.6 is 0 Å². The second-order valence-corrected chi connectivity index (χ2v) is 6.15. The Hall–Kier alpha value is -0.900. The molecule has 1 aromatic rings. The quantitative estimate of drug-likeness (QED) is 0.835. The van der Waals surface area contributed by atoms with Crippen LogP contribution in [0.1, 0.15) is 31.2 Å². The Labute approximate surface area is 123 Å². The smallest absolute Gasteiger partial charge is 0.0613 e. The molecule has 0 radical (unpaired) electrons. The maximum Gasteiger partial charge on any atom is 0.0613 e. The molecule has 1 aliphatic rings. The lowest BCUT2D eigenvalue weighted by molar-refractivity contribution is 0.0752. The number of rotatable bonds is 6. The van der Waals surface area contributed by atoms with Gasteiger partial charge in [0.2, 0.25) is 0 Å². The summed E-state index contributed by atoms with van der Waals surface area (Å²) in [5.41, 5.74) is 1.33. The SMILES string of the molecule is CNC1(CO)CCCC(N(C)CCc2ccccc2)C1. The number of benzene rings is 1. The predicted molar refractivity (Wildman–Crippen MR) is 83.9 cm³/mol. The summed E-state index contributed by atoms with van der Waals surface area (Å²) < 4.78 is 0. The van der Waals surface area contributed by atoms with Crippen molar-refractivity contribution >= 4 is 0 Å². The third-order valence-electron chi connectivity index (χ3n) is 4.87. The lowest BCUT2D eigenvalue weighted by Gasteiger charge is -2.43. The van der Waals surface area contributed by atoms with E-state index in [1.165, 1.54) is 18.4 Å². The Balaban J connectivity index is 1.87. The van der Waals surface area contributed by atoms with E-state index in [2.05, 4.69) is 47.6 Å². The number of nitrogens with one attached hydrogen (secondary N) is 1. The topological polar surface area (TPSA) is 35.5 Å². The molecule has 0 aromatic heterocycles. The van der Waals surface area contributed by atoms with Gasteiger partial charge in [0, 0.05) is 18.1 Å². The van der Waals surface area contributed by atoms with Crippen molar-refractivity contribution in [3.8, 4) is 0 Å². The first kappa shape index (κ1) is 15.5. The van der Waals surface area contributed by atoms with E-state index in [1.807, 2.05) is 7.05 Å². The molecular formula is C17H28N2O. The summed E-state index contributed by atoms with van der Waals surface area (Å²) in [5.74, 6) is 0. The fraction of sp³-hybridized carbons (Fsp3) is 0.647. The molecule has 1 saturated carbocycles. The Morgan fingerprint density at radius 1 is 1.35 bits per heavy atom. The van der Waals surface area contributed by atoms with E-state index in [1.54, 1.807) is 0 Å². The lowest BCUT2D eigenvalue weighted by Crippen LogP contribution is -2.54. The van der Waals surface area contributed by atoms with Crippen LogP contribution in [0.3, 0.4) is 0 Å². The van der Waals surface area contributed by atoms with Gasteiger partial charge in [0.1, 0.15) is 0 Å². The van der Waals surface area contributed by atoms with Crippen LogP contribution in [-0.4, -0.2) is 48.8 Å². The van der Waals surface area contributed by atoms with Gasteiger partial charge in [-0.05, 0) is 51.8 Å². The maximum atomic E-state index is 9.67. The zero-order chi connectivity index (χ0) is 14.4. The highest BCUT2D eigenvalue weighted by Gasteiger charge is 2.35. The molecule has 3 heteroatoms. The highest BCUT2D eigenvalue weighted by atomic mass is 16.3. The highest BCUT2D eigenvalue weighted by molar-refractivity contribution is 5.14. The van der Waals surface area contributed by atoms with Crippen molar-refractivity contribution in [3.05, 3.63) is 35.9 Å². The standard InChI is InChI=1S/C17H28N2O/c1-18-17(14-20)11-6-9-16(13-17)19(2)12-10-15-7-4-3-5-8-15/h3-5,7-8,16,18,20H,6,9-14H2,1-2H3. The van der Waals surface area contributed by atoms with Crippen LogP contribution in [0.15, 0.2) is 30.3 Å². The number of likely N-dealkylation sites (N-methyl/N-ethyl adjacent to an activating group) is 2. The van der Waals surface area contributed by atoms with Gasteiger partial charge in [-0.3, -0.25) is 0 Å². The lowest BCUT2D eigenvalue weighted by atomic mass is 9.79. The zero-order valence-corrected chi connectivity index (χ0v) is 12.8. The van der Waals surface area contributed by atoms with E-state index < -0.39 is 0 Å². The molecule has 2 N–H and O–H groups in total. The minimum absolute atomic E-state index is 0.0656. The Morgan fingerprint density at radius 2 is 2.10 bits per heavy atom. The van der Waals surface area contributed by atoms with E-state index in [0.29, 0.717) is 6.04 Å². The van der Waals surface area contributed by atoms with Crippen molar-refractivity contribution in [2.75, 3.05) is 27.2 Å². The second kappa shape index (κ2) is 7.21. The van der Waals surface area contributed by atoms with Gasteiger partial charge in [-0.1, -0.05) is 30.3 Å². The third kappa shape index (κ3) is 3.81. The average molecular weight is 276 g/mol. The van der Waals surface area contributed by atoms with E-state index in [0.717, 1.165) is 25.8 Å². The molecule has 0 amide bonds. The summed E-state index contributed by atoms with van der Waals surface area (Å²) in [5, 5.41) is 13.0. The fourth-order valence-electron chi connectivity index (χ4n) is 3.29. The molecule has 1 aliphatic carbocycles. The van der Waals surface area contributed by atoms with Gasteiger partial charge in [-0.2, -0.15) is 0 Å². The van der Waals surface area contributed by atoms with E-state index in [9.17, 15) is 5.11 Å². The number of hydrogen-bond acceptors (Lipinski definition) is 3. The van der Waals surface area contributed by atoms with Gasteiger partial charge in [0.05, 0.1) is 6.61 Å². The molecule has 0 saturated heterocycles. The van der Waals surface area contributed by atoms with Crippen molar-refractivity contribution < 1.29 is 5.11 Å². The molecule has 2 atom stereocenters. The highest BCUT2D eigenvalue weighted by Crippen LogP contribution is 2.30. The van der Waals surface area contributed by atoms with Gasteiger partial charge in [0.15, 0.2) is 0 Å². The second-order valence-electron chi connectivity index (χ2n) is 6.15. The van der Waals surface area contributed by atoms with E-state index >= 15 is 0 Å². The van der Waals surface area contributed by atoms with Gasteiger partial charge in [-0.15, -0.1) is 0 Å². The van der Waals surface area contributed by atoms with Crippen LogP contribution in [0.5, 0.6) is 0 Å². The van der Waals surface area contributed by atoms with Crippen LogP contribution in [-0.2, 0) is 6.42 Å². The number of aliphatic hydroxyl groups excluding tert-OH is 1. The number of hydrogen-bond donors (Lipinski definition) is 2. The molecule has 0 spiro atoms. The zero-order valence-electron chi connectivity index (χ0n) is 12.8. The number of aliphatic hydroxyl groups is 1. The van der Waals surface area contributed by atoms with Gasteiger partial charge >= 0.3 is 0 Å². The van der Waals surface area contributed by atoms with Crippen molar-refractivity contribution in [3.63, 3.8) is 0 Å². The summed E-state index contributed by atoms with van der Waals surface area (Å²) in [7, 11) is 4.19. The molecular weight excluding hydrogens is 248 g/mol. The molecule has 2 unspecified atom stereocenters. The molecule has 20 heavy (non-hydrogen) atoms. The number of nitrogens with zero attached hydrogens (tertiary/aromatic N) is 1. The Bertz CT molecular complexity index is 389. The van der Waals surface area contributed by atoms with Crippen LogP contribution in [0.4, 0.5) is 0 Å². The fourth-order valence-corrected chi connectivity index (χ4v) is 3.29. The summed E-state index contributed by atoms with van der Waals surface area (Å²) in [6.07, 6.45) is 5.67. The molecule has 2 rings (SSSR count). The van der Waals surface area contributed by atoms with Crippen molar-refractivity contribution in [2.24, 2.45) is 0 Å². The van der Waals surface area contributed by atoms with E-state index in [-0.39, 0.29) is 12.1 Å². The first-order valence-electron chi connectivity index (χ1n) is 7.73. The minimum Gasteiger partial charge on any atom is -0.394 e. The average Bonchev–Trinajstić information content (AvgIpc) is 2.53. The van der Waals surface area contributed by atoms with Gasteiger partial charge in [0.25, 0.3) is 0 Å². The molecule has 1 fully saturated rings. The predicted octanol–water partition coefficient (Wildman–Crippen LogP) is 2.05. The Kier molecular flexibility index (Phi) is 5.58. The molecule has 112 valence electrons. The maximum absolute atomic E-state index is 9.67. The summed E-state index contributed by atoms with van der Waals surface area (Å²) in [6, 6.07) is 11.2. The first-order chi connectivity index (χ1) is 9.69. The third-order valence-corrected chi connectivity index (χ3v) is 4.87. The van der Waals surface area contributed by atoms with E-state index in [4.69, 9.17) is 0 Å². The monoisotopic (exact) mass is 276 g/mol. The normalized spacial score (nSPS) is 26.9. The first-order valence-corrected chi connectivity index (χ1v) is 7.73. The summed E-state index contributed by atoms with van der Waals surface area (Å²) in [6.45, 7) is 1.33. The van der Waals surface area contributed by atoms with Crippen molar-refractivity contribution in [1.82, 2.24) is 10.2 Å².